The van der Waals surface area contributed by atoms with Gasteiger partial charge in [0.2, 0.25) is 5.91 Å². The van der Waals surface area contributed by atoms with Gasteiger partial charge in [-0.25, -0.2) is 4.90 Å². The number of amides is 2. The lowest BCUT2D eigenvalue weighted by Crippen LogP contribution is -2.38. The van der Waals surface area contributed by atoms with Gasteiger partial charge in [-0.3, -0.25) is 9.59 Å². The highest BCUT2D eigenvalue weighted by molar-refractivity contribution is 6.22. The molecule has 2 amide bonds. The quantitative estimate of drug-likeness (QED) is 0.603. The molecule has 0 aliphatic carbocycles. The number of ether oxygens (including phenoxy) is 1. The molecule has 2 aromatic carbocycles. The topological polar surface area (TPSA) is 74.4 Å². The number of aryl methyl sites for hydroxylation is 1. The second kappa shape index (κ2) is 8.09. The van der Waals surface area contributed by atoms with Crippen LogP contribution in [0.4, 0.5) is 5.69 Å². The lowest BCUT2D eigenvalue weighted by Gasteiger charge is -2.16. The van der Waals surface area contributed by atoms with Crippen molar-refractivity contribution < 1.29 is 14.3 Å². The van der Waals surface area contributed by atoms with Crippen molar-refractivity contribution in [1.29, 1.82) is 0 Å². The zero-order valence-corrected chi connectivity index (χ0v) is 16.7. The van der Waals surface area contributed by atoms with E-state index in [9.17, 15) is 9.59 Å². The van der Waals surface area contributed by atoms with Crippen LogP contribution in [0.2, 0.25) is 0 Å². The minimum absolute atomic E-state index is 0.165. The molecule has 0 spiro atoms. The minimum atomic E-state index is -0.512. The summed E-state index contributed by atoms with van der Waals surface area (Å²) in [6.07, 6.45) is 1.09. The molecule has 1 atom stereocenters. The molecule has 1 aromatic heterocycles. The summed E-state index contributed by atoms with van der Waals surface area (Å²) in [6, 6.07) is 14.8. The first kappa shape index (κ1) is 19.2. The maximum atomic E-state index is 12.8. The number of rotatable bonds is 7. The molecule has 1 saturated heterocycles. The maximum Gasteiger partial charge on any atom is 0.251 e. The van der Waals surface area contributed by atoms with Crippen LogP contribution in [0.3, 0.4) is 0 Å². The number of carbonyl (C=O) groups excluding carboxylic acids is 2. The Bertz CT molecular complexity index is 1040. The van der Waals surface area contributed by atoms with Gasteiger partial charge in [-0.2, -0.15) is 0 Å². The van der Waals surface area contributed by atoms with E-state index in [0.717, 1.165) is 34.3 Å². The number of aromatic amines is 1. The second-order valence-corrected chi connectivity index (χ2v) is 7.42. The number of H-pyrrole nitrogens is 1. The third-order valence-electron chi connectivity index (χ3n) is 5.09. The minimum Gasteiger partial charge on any atom is -0.494 e. The third-order valence-corrected chi connectivity index (χ3v) is 5.09. The number of aromatic nitrogens is 1. The highest BCUT2D eigenvalue weighted by Gasteiger charge is 2.39. The van der Waals surface area contributed by atoms with E-state index in [2.05, 4.69) is 22.4 Å². The van der Waals surface area contributed by atoms with Crippen molar-refractivity contribution in [2.45, 2.75) is 39.3 Å². The van der Waals surface area contributed by atoms with Crippen LogP contribution in [-0.4, -0.2) is 29.4 Å². The molecular formula is C23H25N3O3. The van der Waals surface area contributed by atoms with Crippen molar-refractivity contribution in [3.63, 3.8) is 0 Å². The van der Waals surface area contributed by atoms with Crippen molar-refractivity contribution in [2.75, 3.05) is 11.5 Å². The number of hydrogen-bond donors (Lipinski definition) is 2. The molecule has 29 heavy (non-hydrogen) atoms. The Kier molecular flexibility index (Phi) is 5.36. The molecule has 0 saturated carbocycles. The maximum absolute atomic E-state index is 12.8. The summed E-state index contributed by atoms with van der Waals surface area (Å²) in [7, 11) is 0. The molecule has 1 aliphatic heterocycles. The summed E-state index contributed by atoms with van der Waals surface area (Å²) < 4.78 is 5.56. The summed E-state index contributed by atoms with van der Waals surface area (Å²) in [5.74, 6) is 0.335. The lowest BCUT2D eigenvalue weighted by molar-refractivity contribution is -0.121. The van der Waals surface area contributed by atoms with E-state index >= 15 is 0 Å². The zero-order valence-electron chi connectivity index (χ0n) is 16.7. The van der Waals surface area contributed by atoms with E-state index in [0.29, 0.717) is 18.8 Å². The predicted octanol–water partition coefficient (Wildman–Crippen LogP) is 3.69. The van der Waals surface area contributed by atoms with Crippen molar-refractivity contribution in [2.24, 2.45) is 0 Å². The average molecular weight is 391 g/mol. The van der Waals surface area contributed by atoms with Crippen molar-refractivity contribution in [3.8, 4) is 5.75 Å². The third kappa shape index (κ3) is 4.03. The first-order chi connectivity index (χ1) is 14.0. The molecule has 4 rings (SSSR count). The SMILES string of the molecule is CCCOc1ccc(N2C(=O)C[C@@H](NCc3ccc4[nH]c(C)cc4c3)C2=O)cc1. The second-order valence-electron chi connectivity index (χ2n) is 7.42. The zero-order chi connectivity index (χ0) is 20.4. The van der Waals surface area contributed by atoms with Gasteiger partial charge in [0, 0.05) is 17.8 Å². The fraction of sp³-hybridized carbons (Fsp3) is 0.304. The van der Waals surface area contributed by atoms with E-state index in [-0.39, 0.29) is 18.2 Å². The van der Waals surface area contributed by atoms with Gasteiger partial charge in [0.25, 0.3) is 5.91 Å². The summed E-state index contributed by atoms with van der Waals surface area (Å²) in [6.45, 7) is 5.24. The molecule has 0 bridgehead atoms. The van der Waals surface area contributed by atoms with Crippen LogP contribution in [0.1, 0.15) is 31.0 Å². The summed E-state index contributed by atoms with van der Waals surface area (Å²) in [5, 5.41) is 4.38. The standard InChI is InChI=1S/C23H25N3O3/c1-3-10-29-19-7-5-18(6-8-19)26-22(27)13-21(23(26)28)24-14-16-4-9-20-17(12-16)11-15(2)25-20/h4-9,11-12,21,24-25H,3,10,13-14H2,1-2H3/t21-/m1/s1. The molecule has 2 N–H and O–H groups in total. The average Bonchev–Trinajstić information content (AvgIpc) is 3.22. The Morgan fingerprint density at radius 2 is 1.93 bits per heavy atom. The fourth-order valence-corrected chi connectivity index (χ4v) is 3.65. The Balaban J connectivity index is 1.41. The van der Waals surface area contributed by atoms with Gasteiger partial charge in [-0.15, -0.1) is 0 Å². The smallest absolute Gasteiger partial charge is 0.251 e. The van der Waals surface area contributed by atoms with E-state index < -0.39 is 6.04 Å². The number of carbonyl (C=O) groups is 2. The van der Waals surface area contributed by atoms with Crippen molar-refractivity contribution >= 4 is 28.4 Å². The number of benzene rings is 2. The molecule has 1 fully saturated rings. The van der Waals surface area contributed by atoms with E-state index in [4.69, 9.17) is 4.74 Å². The molecule has 0 unspecified atom stereocenters. The number of fused-ring (bicyclic) bond motifs is 1. The summed E-state index contributed by atoms with van der Waals surface area (Å²) in [4.78, 5) is 29.9. The summed E-state index contributed by atoms with van der Waals surface area (Å²) in [5.41, 5.74) is 3.87. The predicted molar refractivity (Wildman–Crippen MR) is 113 cm³/mol. The van der Waals surface area contributed by atoms with Crippen molar-refractivity contribution in [1.82, 2.24) is 10.3 Å². The van der Waals surface area contributed by atoms with Gasteiger partial charge in [0.15, 0.2) is 0 Å². The lowest BCUT2D eigenvalue weighted by atomic mass is 10.1. The van der Waals surface area contributed by atoms with E-state index in [1.807, 2.05) is 26.0 Å². The normalized spacial score (nSPS) is 16.8. The first-order valence-corrected chi connectivity index (χ1v) is 9.96. The van der Waals surface area contributed by atoms with Gasteiger partial charge in [-0.1, -0.05) is 13.0 Å². The number of imide groups is 1. The van der Waals surface area contributed by atoms with Crippen LogP contribution in [0.5, 0.6) is 5.75 Å². The molecule has 1 aliphatic rings. The number of nitrogens with zero attached hydrogens (tertiary/aromatic N) is 1. The fourth-order valence-electron chi connectivity index (χ4n) is 3.65. The molecule has 6 heteroatoms. The molecule has 150 valence electrons. The number of anilines is 1. The van der Waals surface area contributed by atoms with Gasteiger partial charge < -0.3 is 15.0 Å². The van der Waals surface area contributed by atoms with Crippen molar-refractivity contribution in [3.05, 3.63) is 59.8 Å². The molecule has 6 nitrogen and oxygen atoms in total. The monoisotopic (exact) mass is 391 g/mol. The van der Waals surface area contributed by atoms with Crippen LogP contribution < -0.4 is 15.0 Å². The van der Waals surface area contributed by atoms with Crippen LogP contribution >= 0.6 is 0 Å². The van der Waals surface area contributed by atoms with Crippen LogP contribution in [0.15, 0.2) is 48.5 Å². The summed E-state index contributed by atoms with van der Waals surface area (Å²) >= 11 is 0. The Morgan fingerprint density at radius 3 is 2.69 bits per heavy atom. The van der Waals surface area contributed by atoms with Crippen LogP contribution in [-0.2, 0) is 16.1 Å². The van der Waals surface area contributed by atoms with Crippen LogP contribution in [0, 0.1) is 6.92 Å². The van der Waals surface area contributed by atoms with Gasteiger partial charge in [0.05, 0.1) is 24.8 Å². The molecule has 2 heterocycles. The highest BCUT2D eigenvalue weighted by atomic mass is 16.5. The number of hydrogen-bond acceptors (Lipinski definition) is 4. The highest BCUT2D eigenvalue weighted by Crippen LogP contribution is 2.26. The van der Waals surface area contributed by atoms with Gasteiger partial charge in [-0.05, 0) is 66.8 Å². The Hall–Kier alpha value is -3.12. The van der Waals surface area contributed by atoms with E-state index in [1.165, 1.54) is 4.90 Å². The first-order valence-electron chi connectivity index (χ1n) is 9.96. The Morgan fingerprint density at radius 1 is 1.14 bits per heavy atom. The largest absolute Gasteiger partial charge is 0.494 e. The molecule has 3 aromatic rings. The van der Waals surface area contributed by atoms with Crippen LogP contribution in [0.25, 0.3) is 10.9 Å². The van der Waals surface area contributed by atoms with Gasteiger partial charge in [0.1, 0.15) is 5.75 Å². The Labute approximate surface area is 169 Å². The van der Waals surface area contributed by atoms with E-state index in [1.54, 1.807) is 24.3 Å². The van der Waals surface area contributed by atoms with Gasteiger partial charge >= 0.3 is 0 Å². The molecular weight excluding hydrogens is 366 g/mol. The number of nitrogens with one attached hydrogen (secondary N) is 2. The molecule has 0 radical (unpaired) electrons.